The zero-order valence-electron chi connectivity index (χ0n) is 11.2. The topological polar surface area (TPSA) is 64.6 Å². The van der Waals surface area contributed by atoms with Crippen molar-refractivity contribution in [3.8, 4) is 11.5 Å². The molecule has 0 radical (unpaired) electrons. The summed E-state index contributed by atoms with van der Waals surface area (Å²) in [7, 11) is -3.22. The lowest BCUT2D eigenvalue weighted by Crippen LogP contribution is -2.29. The molecule has 6 heteroatoms. The third-order valence-corrected chi connectivity index (χ3v) is 4.55. The van der Waals surface area contributed by atoms with Gasteiger partial charge in [0, 0.05) is 6.04 Å². The van der Waals surface area contributed by atoms with E-state index in [0.29, 0.717) is 31.1 Å². The fourth-order valence-corrected chi connectivity index (χ4v) is 3.32. The SMILES string of the molecule is CCCS(=O)(=O)N[C@@H](C)c1ccc2c(c1)OCCO2. The minimum atomic E-state index is -3.22. The predicted octanol–water partition coefficient (Wildman–Crippen LogP) is 1.85. The van der Waals surface area contributed by atoms with Gasteiger partial charge in [-0.15, -0.1) is 0 Å². The van der Waals surface area contributed by atoms with E-state index in [1.807, 2.05) is 32.0 Å². The molecule has 0 bridgehead atoms. The third-order valence-electron chi connectivity index (χ3n) is 2.90. The van der Waals surface area contributed by atoms with Gasteiger partial charge in [-0.1, -0.05) is 13.0 Å². The lowest BCUT2D eigenvalue weighted by Gasteiger charge is -2.21. The summed E-state index contributed by atoms with van der Waals surface area (Å²) in [6.07, 6.45) is 0.600. The second-order valence-electron chi connectivity index (χ2n) is 4.56. The van der Waals surface area contributed by atoms with Crippen LogP contribution in [0.5, 0.6) is 11.5 Å². The zero-order chi connectivity index (χ0) is 13.9. The van der Waals surface area contributed by atoms with Crippen molar-refractivity contribution >= 4 is 10.0 Å². The van der Waals surface area contributed by atoms with Crippen LogP contribution in [0.4, 0.5) is 0 Å². The number of nitrogens with one attached hydrogen (secondary N) is 1. The van der Waals surface area contributed by atoms with Crippen molar-refractivity contribution in [2.24, 2.45) is 0 Å². The molecule has 1 atom stereocenters. The van der Waals surface area contributed by atoms with Crippen molar-refractivity contribution in [1.29, 1.82) is 0 Å². The van der Waals surface area contributed by atoms with Gasteiger partial charge in [-0.2, -0.15) is 0 Å². The standard InChI is InChI=1S/C13H19NO4S/c1-3-8-19(15,16)14-10(2)11-4-5-12-13(9-11)18-7-6-17-12/h4-5,9-10,14H,3,6-8H2,1-2H3/t10-/m0/s1. The number of benzene rings is 1. The molecule has 0 saturated heterocycles. The molecule has 106 valence electrons. The first-order valence-electron chi connectivity index (χ1n) is 6.41. The smallest absolute Gasteiger partial charge is 0.212 e. The molecule has 0 saturated carbocycles. The summed E-state index contributed by atoms with van der Waals surface area (Å²) in [6, 6.07) is 5.21. The van der Waals surface area contributed by atoms with E-state index in [9.17, 15) is 8.42 Å². The Hall–Kier alpha value is -1.27. The maximum absolute atomic E-state index is 11.7. The van der Waals surface area contributed by atoms with Gasteiger partial charge in [0.25, 0.3) is 0 Å². The first-order valence-corrected chi connectivity index (χ1v) is 8.06. The van der Waals surface area contributed by atoms with E-state index in [0.717, 1.165) is 5.56 Å². The summed E-state index contributed by atoms with van der Waals surface area (Å²) in [6.45, 7) is 4.73. The summed E-state index contributed by atoms with van der Waals surface area (Å²) < 4.78 is 37.1. The number of hydrogen-bond donors (Lipinski definition) is 1. The Morgan fingerprint density at radius 1 is 1.26 bits per heavy atom. The predicted molar refractivity (Wildman–Crippen MR) is 73.1 cm³/mol. The van der Waals surface area contributed by atoms with Gasteiger partial charge in [-0.3, -0.25) is 0 Å². The minimum Gasteiger partial charge on any atom is -0.486 e. The molecule has 0 spiro atoms. The Morgan fingerprint density at radius 2 is 1.95 bits per heavy atom. The van der Waals surface area contributed by atoms with Gasteiger partial charge >= 0.3 is 0 Å². The van der Waals surface area contributed by atoms with E-state index in [-0.39, 0.29) is 11.8 Å². The van der Waals surface area contributed by atoms with E-state index in [2.05, 4.69) is 4.72 Å². The Bertz CT molecular complexity index is 542. The molecule has 1 aliphatic heterocycles. The van der Waals surface area contributed by atoms with Crippen LogP contribution in [-0.2, 0) is 10.0 Å². The van der Waals surface area contributed by atoms with Gasteiger partial charge in [0.2, 0.25) is 10.0 Å². The van der Waals surface area contributed by atoms with Gasteiger partial charge < -0.3 is 9.47 Å². The maximum Gasteiger partial charge on any atom is 0.212 e. The summed E-state index contributed by atoms with van der Waals surface area (Å²) >= 11 is 0. The molecular formula is C13H19NO4S. The fourth-order valence-electron chi connectivity index (χ4n) is 1.99. The molecule has 5 nitrogen and oxygen atoms in total. The molecule has 2 rings (SSSR count). The van der Waals surface area contributed by atoms with E-state index in [1.54, 1.807) is 0 Å². The summed E-state index contributed by atoms with van der Waals surface area (Å²) in [4.78, 5) is 0. The molecular weight excluding hydrogens is 266 g/mol. The Balaban J connectivity index is 2.13. The van der Waals surface area contributed by atoms with Crippen LogP contribution in [0, 0.1) is 0 Å². The van der Waals surface area contributed by atoms with Crippen LogP contribution in [0.2, 0.25) is 0 Å². The van der Waals surface area contributed by atoms with Crippen LogP contribution in [-0.4, -0.2) is 27.4 Å². The first kappa shape index (κ1) is 14.1. The lowest BCUT2D eigenvalue weighted by molar-refractivity contribution is 0.171. The number of hydrogen-bond acceptors (Lipinski definition) is 4. The molecule has 1 aliphatic rings. The van der Waals surface area contributed by atoms with Crippen LogP contribution in [0.25, 0.3) is 0 Å². The first-order chi connectivity index (χ1) is 9.02. The monoisotopic (exact) mass is 285 g/mol. The highest BCUT2D eigenvalue weighted by Crippen LogP contribution is 2.32. The molecule has 0 unspecified atom stereocenters. The van der Waals surface area contributed by atoms with Crippen molar-refractivity contribution in [3.05, 3.63) is 23.8 Å². The molecule has 19 heavy (non-hydrogen) atoms. The van der Waals surface area contributed by atoms with Crippen LogP contribution in [0.1, 0.15) is 31.9 Å². The van der Waals surface area contributed by atoms with Crippen molar-refractivity contribution in [2.75, 3.05) is 19.0 Å². The van der Waals surface area contributed by atoms with E-state index >= 15 is 0 Å². The number of fused-ring (bicyclic) bond motifs is 1. The number of ether oxygens (including phenoxy) is 2. The van der Waals surface area contributed by atoms with E-state index in [4.69, 9.17) is 9.47 Å². The fraction of sp³-hybridized carbons (Fsp3) is 0.538. The van der Waals surface area contributed by atoms with Crippen molar-refractivity contribution in [1.82, 2.24) is 4.72 Å². The van der Waals surface area contributed by atoms with Gasteiger partial charge in [-0.05, 0) is 31.0 Å². The highest BCUT2D eigenvalue weighted by Gasteiger charge is 2.18. The molecule has 0 aliphatic carbocycles. The summed E-state index contributed by atoms with van der Waals surface area (Å²) in [5.41, 5.74) is 0.865. The molecule has 1 N–H and O–H groups in total. The second kappa shape index (κ2) is 5.79. The van der Waals surface area contributed by atoms with Crippen LogP contribution >= 0.6 is 0 Å². The van der Waals surface area contributed by atoms with E-state index < -0.39 is 10.0 Å². The molecule has 1 aromatic rings. The molecule has 0 amide bonds. The van der Waals surface area contributed by atoms with Crippen LogP contribution in [0.15, 0.2) is 18.2 Å². The Morgan fingerprint density at radius 3 is 2.63 bits per heavy atom. The highest BCUT2D eigenvalue weighted by molar-refractivity contribution is 7.89. The average Bonchev–Trinajstić information content (AvgIpc) is 2.37. The number of rotatable bonds is 5. The third kappa shape index (κ3) is 3.61. The molecule has 0 aromatic heterocycles. The normalized spacial score (nSPS) is 16.1. The highest BCUT2D eigenvalue weighted by atomic mass is 32.2. The molecule has 0 fully saturated rings. The largest absolute Gasteiger partial charge is 0.486 e. The Kier molecular flexibility index (Phi) is 4.31. The second-order valence-corrected chi connectivity index (χ2v) is 6.43. The van der Waals surface area contributed by atoms with Gasteiger partial charge in [0.05, 0.1) is 5.75 Å². The summed E-state index contributed by atoms with van der Waals surface area (Å²) in [5, 5.41) is 0. The molecule has 1 aromatic carbocycles. The van der Waals surface area contributed by atoms with Crippen molar-refractivity contribution in [2.45, 2.75) is 26.3 Å². The zero-order valence-corrected chi connectivity index (χ0v) is 12.0. The number of sulfonamides is 1. The quantitative estimate of drug-likeness (QED) is 0.896. The van der Waals surface area contributed by atoms with Gasteiger partial charge in [0.15, 0.2) is 11.5 Å². The van der Waals surface area contributed by atoms with Crippen molar-refractivity contribution in [3.63, 3.8) is 0 Å². The maximum atomic E-state index is 11.7. The van der Waals surface area contributed by atoms with Gasteiger partial charge in [0.1, 0.15) is 13.2 Å². The summed E-state index contributed by atoms with van der Waals surface area (Å²) in [5.74, 6) is 1.52. The van der Waals surface area contributed by atoms with Crippen LogP contribution < -0.4 is 14.2 Å². The minimum absolute atomic E-state index is 0.141. The lowest BCUT2D eigenvalue weighted by atomic mass is 10.1. The molecule has 1 heterocycles. The Labute approximate surface area is 114 Å². The van der Waals surface area contributed by atoms with Crippen molar-refractivity contribution < 1.29 is 17.9 Å². The average molecular weight is 285 g/mol. The van der Waals surface area contributed by atoms with Crippen LogP contribution in [0.3, 0.4) is 0 Å². The van der Waals surface area contributed by atoms with E-state index in [1.165, 1.54) is 0 Å². The van der Waals surface area contributed by atoms with Gasteiger partial charge in [-0.25, -0.2) is 13.1 Å².